The molecule has 4 amide bonds. The summed E-state index contributed by atoms with van der Waals surface area (Å²) in [5.41, 5.74) is 1.78. The molecule has 0 bridgehead atoms. The third kappa shape index (κ3) is 5.55. The van der Waals surface area contributed by atoms with Crippen molar-refractivity contribution in [1.29, 1.82) is 0 Å². The Labute approximate surface area is 186 Å². The van der Waals surface area contributed by atoms with Crippen molar-refractivity contribution in [3.63, 3.8) is 0 Å². The molecule has 0 radical (unpaired) electrons. The highest BCUT2D eigenvalue weighted by Gasteiger charge is 2.26. The smallest absolute Gasteiger partial charge is 0.319 e. The van der Waals surface area contributed by atoms with Crippen LogP contribution in [0.3, 0.4) is 0 Å². The first-order valence-electron chi connectivity index (χ1n) is 10.5. The molecule has 31 heavy (non-hydrogen) atoms. The molecule has 0 spiro atoms. The SMILES string of the molecule is O=C(Nc1ccc(C(=O)NC2CC2)c(Cl)c1)N[C@@H](CN1CCCC1=O)c1ccccc1. The van der Waals surface area contributed by atoms with Crippen LogP contribution in [0.25, 0.3) is 0 Å². The third-order valence-electron chi connectivity index (χ3n) is 5.47. The van der Waals surface area contributed by atoms with Gasteiger partial charge in [-0.1, -0.05) is 41.9 Å². The Morgan fingerprint density at radius 3 is 2.55 bits per heavy atom. The average molecular weight is 441 g/mol. The first-order chi connectivity index (χ1) is 15.0. The predicted molar refractivity (Wildman–Crippen MR) is 119 cm³/mol. The van der Waals surface area contributed by atoms with Crippen LogP contribution in [0.1, 0.15) is 47.6 Å². The van der Waals surface area contributed by atoms with E-state index in [0.717, 1.165) is 24.8 Å². The van der Waals surface area contributed by atoms with Gasteiger partial charge in [-0.15, -0.1) is 0 Å². The van der Waals surface area contributed by atoms with E-state index >= 15 is 0 Å². The Morgan fingerprint density at radius 2 is 1.90 bits per heavy atom. The molecule has 1 aliphatic heterocycles. The summed E-state index contributed by atoms with van der Waals surface area (Å²) in [6.07, 6.45) is 3.38. The number of hydrogen-bond acceptors (Lipinski definition) is 3. The van der Waals surface area contributed by atoms with Crippen LogP contribution in [0.15, 0.2) is 48.5 Å². The van der Waals surface area contributed by atoms with Crippen LogP contribution in [-0.2, 0) is 4.79 Å². The van der Waals surface area contributed by atoms with Gasteiger partial charge in [0.15, 0.2) is 0 Å². The lowest BCUT2D eigenvalue weighted by Gasteiger charge is -2.25. The van der Waals surface area contributed by atoms with Crippen LogP contribution in [0.2, 0.25) is 5.02 Å². The Hall–Kier alpha value is -3.06. The summed E-state index contributed by atoms with van der Waals surface area (Å²) in [5.74, 6) is -0.0992. The van der Waals surface area contributed by atoms with Crippen molar-refractivity contribution in [2.75, 3.05) is 18.4 Å². The predicted octanol–water partition coefficient (Wildman–Crippen LogP) is 3.72. The van der Waals surface area contributed by atoms with Gasteiger partial charge in [0.2, 0.25) is 5.91 Å². The number of hydrogen-bond donors (Lipinski definition) is 3. The van der Waals surface area contributed by atoms with Gasteiger partial charge >= 0.3 is 6.03 Å². The molecule has 1 saturated carbocycles. The molecular weight excluding hydrogens is 416 g/mol. The van der Waals surface area contributed by atoms with Crippen molar-refractivity contribution in [1.82, 2.24) is 15.5 Å². The molecular formula is C23H25ClN4O3. The molecule has 2 aromatic carbocycles. The van der Waals surface area contributed by atoms with E-state index in [4.69, 9.17) is 11.6 Å². The normalized spacial score (nSPS) is 16.7. The van der Waals surface area contributed by atoms with Gasteiger partial charge in [0, 0.05) is 31.2 Å². The van der Waals surface area contributed by atoms with E-state index in [2.05, 4.69) is 16.0 Å². The Balaban J connectivity index is 1.41. The topological polar surface area (TPSA) is 90.5 Å². The molecule has 1 saturated heterocycles. The Kier molecular flexibility index (Phi) is 6.42. The second kappa shape index (κ2) is 9.39. The summed E-state index contributed by atoms with van der Waals surface area (Å²) in [4.78, 5) is 38.7. The van der Waals surface area contributed by atoms with Gasteiger partial charge in [-0.3, -0.25) is 9.59 Å². The number of nitrogens with one attached hydrogen (secondary N) is 3. The number of amides is 4. The van der Waals surface area contributed by atoms with Crippen molar-refractivity contribution < 1.29 is 14.4 Å². The fraction of sp³-hybridized carbons (Fsp3) is 0.348. The lowest BCUT2D eigenvalue weighted by atomic mass is 10.1. The maximum absolute atomic E-state index is 12.7. The van der Waals surface area contributed by atoms with E-state index in [-0.39, 0.29) is 28.9 Å². The highest BCUT2D eigenvalue weighted by atomic mass is 35.5. The second-order valence-electron chi connectivity index (χ2n) is 7.95. The summed E-state index contributed by atoms with van der Waals surface area (Å²) < 4.78 is 0. The van der Waals surface area contributed by atoms with E-state index in [9.17, 15) is 14.4 Å². The second-order valence-corrected chi connectivity index (χ2v) is 8.35. The van der Waals surface area contributed by atoms with Crippen LogP contribution in [0.5, 0.6) is 0 Å². The van der Waals surface area contributed by atoms with Crippen LogP contribution >= 0.6 is 11.6 Å². The number of halogens is 1. The molecule has 2 fully saturated rings. The number of benzene rings is 2. The average Bonchev–Trinajstić information content (AvgIpc) is 3.47. The van der Waals surface area contributed by atoms with Crippen molar-refractivity contribution in [2.24, 2.45) is 0 Å². The number of likely N-dealkylation sites (tertiary alicyclic amines) is 1. The van der Waals surface area contributed by atoms with E-state index < -0.39 is 6.03 Å². The van der Waals surface area contributed by atoms with Gasteiger partial charge in [0.25, 0.3) is 5.91 Å². The first-order valence-corrected chi connectivity index (χ1v) is 10.9. The van der Waals surface area contributed by atoms with E-state index in [1.807, 2.05) is 30.3 Å². The molecule has 7 nitrogen and oxygen atoms in total. The van der Waals surface area contributed by atoms with Gasteiger partial charge in [-0.2, -0.15) is 0 Å². The van der Waals surface area contributed by atoms with Crippen LogP contribution in [-0.4, -0.2) is 41.9 Å². The summed E-state index contributed by atoms with van der Waals surface area (Å²) >= 11 is 6.27. The molecule has 1 atom stereocenters. The number of carbonyl (C=O) groups excluding carboxylic acids is 3. The van der Waals surface area contributed by atoms with Crippen molar-refractivity contribution in [3.8, 4) is 0 Å². The lowest BCUT2D eigenvalue weighted by Crippen LogP contribution is -2.40. The number of urea groups is 1. The largest absolute Gasteiger partial charge is 0.349 e. The van der Waals surface area contributed by atoms with Crippen molar-refractivity contribution >= 4 is 35.1 Å². The van der Waals surface area contributed by atoms with Gasteiger partial charge in [-0.25, -0.2) is 4.79 Å². The minimum Gasteiger partial charge on any atom is -0.349 e. The summed E-state index contributed by atoms with van der Waals surface area (Å²) in [7, 11) is 0. The van der Waals surface area contributed by atoms with E-state index in [1.54, 1.807) is 23.1 Å². The summed E-state index contributed by atoms with van der Waals surface area (Å²) in [6, 6.07) is 13.9. The van der Waals surface area contributed by atoms with Gasteiger partial charge in [-0.05, 0) is 43.0 Å². The molecule has 1 heterocycles. The zero-order chi connectivity index (χ0) is 21.8. The minimum absolute atomic E-state index is 0.106. The molecule has 3 N–H and O–H groups in total. The standard InChI is InChI=1S/C23H25ClN4O3/c24-19-13-17(10-11-18(19)22(30)25-16-8-9-16)26-23(31)27-20(15-5-2-1-3-6-15)14-28-12-4-7-21(28)29/h1-3,5-6,10-11,13,16,20H,4,7-9,12,14H2,(H,25,30)(H2,26,27,31)/t20-/m0/s1. The number of carbonyl (C=O) groups is 3. The first kappa shape index (κ1) is 21.2. The number of anilines is 1. The van der Waals surface area contributed by atoms with Crippen molar-refractivity contribution in [3.05, 3.63) is 64.7 Å². The number of nitrogens with zero attached hydrogens (tertiary/aromatic N) is 1. The van der Waals surface area contributed by atoms with Crippen molar-refractivity contribution in [2.45, 2.75) is 37.8 Å². The van der Waals surface area contributed by atoms with E-state index in [1.165, 1.54) is 0 Å². The molecule has 4 rings (SSSR count). The fourth-order valence-electron chi connectivity index (χ4n) is 3.63. The molecule has 2 aromatic rings. The zero-order valence-electron chi connectivity index (χ0n) is 17.1. The maximum atomic E-state index is 12.7. The molecule has 8 heteroatoms. The maximum Gasteiger partial charge on any atom is 0.319 e. The quantitative estimate of drug-likeness (QED) is 0.612. The lowest BCUT2D eigenvalue weighted by molar-refractivity contribution is -0.128. The monoisotopic (exact) mass is 440 g/mol. The van der Waals surface area contributed by atoms with E-state index in [0.29, 0.717) is 30.8 Å². The highest BCUT2D eigenvalue weighted by Crippen LogP contribution is 2.24. The minimum atomic E-state index is -0.410. The molecule has 0 unspecified atom stereocenters. The third-order valence-corrected chi connectivity index (χ3v) is 5.78. The summed E-state index contributed by atoms with van der Waals surface area (Å²) in [6.45, 7) is 1.11. The zero-order valence-corrected chi connectivity index (χ0v) is 17.8. The van der Waals surface area contributed by atoms with Gasteiger partial charge in [0.1, 0.15) is 0 Å². The Morgan fingerprint density at radius 1 is 1.13 bits per heavy atom. The molecule has 2 aliphatic rings. The van der Waals surface area contributed by atoms with Crippen LogP contribution in [0.4, 0.5) is 10.5 Å². The van der Waals surface area contributed by atoms with Gasteiger partial charge < -0.3 is 20.9 Å². The summed E-state index contributed by atoms with van der Waals surface area (Å²) in [5, 5.41) is 8.90. The highest BCUT2D eigenvalue weighted by molar-refractivity contribution is 6.34. The molecule has 1 aliphatic carbocycles. The van der Waals surface area contributed by atoms with Gasteiger partial charge in [0.05, 0.1) is 16.6 Å². The fourth-order valence-corrected chi connectivity index (χ4v) is 3.90. The molecule has 162 valence electrons. The van der Waals surface area contributed by atoms with Crippen LogP contribution < -0.4 is 16.0 Å². The Bertz CT molecular complexity index is 978. The number of rotatable bonds is 7. The molecule has 0 aromatic heterocycles. The van der Waals surface area contributed by atoms with Crippen LogP contribution in [0, 0.1) is 0 Å².